The SMILES string of the molecule is Cc1nc2cc(N(C)CC(N)=O)c(N)cc2s1. The van der Waals surface area contributed by atoms with Crippen LogP contribution in [-0.2, 0) is 4.79 Å². The number of hydrogen-bond acceptors (Lipinski definition) is 5. The quantitative estimate of drug-likeness (QED) is 0.799. The van der Waals surface area contributed by atoms with Gasteiger partial charge in [-0.15, -0.1) is 11.3 Å². The third-order valence-electron chi connectivity index (χ3n) is 2.45. The first-order valence-electron chi connectivity index (χ1n) is 5.13. The van der Waals surface area contributed by atoms with Crippen LogP contribution >= 0.6 is 11.3 Å². The molecule has 0 unspecified atom stereocenters. The number of carbonyl (C=O) groups excluding carboxylic acids is 1. The van der Waals surface area contributed by atoms with Crippen LogP contribution in [0.4, 0.5) is 11.4 Å². The molecule has 6 heteroatoms. The van der Waals surface area contributed by atoms with E-state index in [2.05, 4.69) is 4.98 Å². The minimum Gasteiger partial charge on any atom is -0.397 e. The van der Waals surface area contributed by atoms with Crippen LogP contribution in [0.3, 0.4) is 0 Å². The van der Waals surface area contributed by atoms with Crippen molar-refractivity contribution < 1.29 is 4.79 Å². The molecule has 2 aromatic rings. The minimum atomic E-state index is -0.388. The number of aromatic nitrogens is 1. The van der Waals surface area contributed by atoms with Crippen LogP contribution in [0.25, 0.3) is 10.2 Å². The Hall–Kier alpha value is -1.82. The van der Waals surface area contributed by atoms with Crippen LogP contribution < -0.4 is 16.4 Å². The number of nitrogens with two attached hydrogens (primary N) is 2. The standard InChI is InChI=1S/C11H14N4OS/c1-6-14-8-4-9(15(2)5-11(13)16)7(12)3-10(8)17-6/h3-4H,5,12H2,1-2H3,(H2,13,16). The van der Waals surface area contributed by atoms with Crippen molar-refractivity contribution in [1.82, 2.24) is 4.98 Å². The third-order valence-corrected chi connectivity index (χ3v) is 3.38. The molecule has 0 aliphatic heterocycles. The van der Waals surface area contributed by atoms with Gasteiger partial charge < -0.3 is 16.4 Å². The maximum Gasteiger partial charge on any atom is 0.236 e. The first kappa shape index (κ1) is 11.7. The summed E-state index contributed by atoms with van der Waals surface area (Å²) in [7, 11) is 1.78. The highest BCUT2D eigenvalue weighted by Crippen LogP contribution is 2.31. The average Bonchev–Trinajstić information content (AvgIpc) is 2.54. The number of likely N-dealkylation sites (N-methyl/N-ethyl adjacent to an activating group) is 1. The second-order valence-corrected chi connectivity index (χ2v) is 5.17. The van der Waals surface area contributed by atoms with E-state index in [1.165, 1.54) is 0 Å². The largest absolute Gasteiger partial charge is 0.397 e. The number of benzene rings is 1. The number of hydrogen-bond donors (Lipinski definition) is 2. The Bertz CT molecular complexity index is 578. The molecule has 0 saturated heterocycles. The molecule has 0 aliphatic carbocycles. The van der Waals surface area contributed by atoms with Crippen LogP contribution in [0.1, 0.15) is 5.01 Å². The Morgan fingerprint density at radius 3 is 2.88 bits per heavy atom. The van der Waals surface area contributed by atoms with E-state index >= 15 is 0 Å². The summed E-state index contributed by atoms with van der Waals surface area (Å²) in [4.78, 5) is 17.0. The molecule has 0 aliphatic rings. The maximum absolute atomic E-state index is 10.9. The summed E-state index contributed by atoms with van der Waals surface area (Å²) < 4.78 is 1.05. The van der Waals surface area contributed by atoms with E-state index in [0.717, 1.165) is 20.9 Å². The lowest BCUT2D eigenvalue weighted by molar-refractivity contribution is -0.116. The van der Waals surface area contributed by atoms with Crippen LogP contribution in [0, 0.1) is 6.92 Å². The number of nitrogen functional groups attached to an aromatic ring is 1. The van der Waals surface area contributed by atoms with Crippen molar-refractivity contribution in [3.63, 3.8) is 0 Å². The van der Waals surface area contributed by atoms with Gasteiger partial charge in [-0.25, -0.2) is 4.98 Å². The number of thiazole rings is 1. The van der Waals surface area contributed by atoms with Crippen LogP contribution in [0.15, 0.2) is 12.1 Å². The van der Waals surface area contributed by atoms with Gasteiger partial charge in [0.2, 0.25) is 5.91 Å². The number of primary amides is 1. The van der Waals surface area contributed by atoms with E-state index in [0.29, 0.717) is 5.69 Å². The molecule has 0 bridgehead atoms. The summed E-state index contributed by atoms with van der Waals surface area (Å²) in [5.74, 6) is -0.388. The van der Waals surface area contributed by atoms with Crippen LogP contribution in [-0.4, -0.2) is 24.5 Å². The molecule has 0 radical (unpaired) electrons. The number of rotatable bonds is 3. The van der Waals surface area contributed by atoms with E-state index in [9.17, 15) is 4.79 Å². The van der Waals surface area contributed by atoms with E-state index in [1.807, 2.05) is 19.1 Å². The van der Waals surface area contributed by atoms with Crippen molar-refractivity contribution in [2.45, 2.75) is 6.92 Å². The molecule has 1 aromatic heterocycles. The molecule has 90 valence electrons. The van der Waals surface area contributed by atoms with Gasteiger partial charge >= 0.3 is 0 Å². The number of aryl methyl sites for hydroxylation is 1. The summed E-state index contributed by atoms with van der Waals surface area (Å²) in [5, 5.41) is 0.995. The molecule has 0 fully saturated rings. The molecule has 2 rings (SSSR count). The van der Waals surface area contributed by atoms with Gasteiger partial charge in [0, 0.05) is 7.05 Å². The predicted molar refractivity (Wildman–Crippen MR) is 71.2 cm³/mol. The fourth-order valence-electron chi connectivity index (χ4n) is 1.74. The Morgan fingerprint density at radius 1 is 1.53 bits per heavy atom. The first-order valence-corrected chi connectivity index (χ1v) is 5.95. The number of anilines is 2. The van der Waals surface area contributed by atoms with Crippen molar-refractivity contribution in [2.24, 2.45) is 5.73 Å². The summed E-state index contributed by atoms with van der Waals surface area (Å²) in [5.41, 5.74) is 13.4. The monoisotopic (exact) mass is 250 g/mol. The highest BCUT2D eigenvalue weighted by Gasteiger charge is 2.11. The number of nitrogens with zero attached hydrogens (tertiary/aromatic N) is 2. The van der Waals surface area contributed by atoms with Gasteiger partial charge in [-0.2, -0.15) is 0 Å². The van der Waals surface area contributed by atoms with Gasteiger partial charge in [0.25, 0.3) is 0 Å². The lowest BCUT2D eigenvalue weighted by atomic mass is 10.2. The molecule has 0 saturated carbocycles. The van der Waals surface area contributed by atoms with Crippen molar-refractivity contribution in [2.75, 3.05) is 24.2 Å². The molecule has 1 aromatic carbocycles. The number of amides is 1. The van der Waals surface area contributed by atoms with E-state index in [1.54, 1.807) is 23.3 Å². The number of carbonyl (C=O) groups is 1. The third kappa shape index (κ3) is 2.31. The average molecular weight is 250 g/mol. The van der Waals surface area contributed by atoms with Gasteiger partial charge in [0.15, 0.2) is 0 Å². The van der Waals surface area contributed by atoms with Crippen molar-refractivity contribution in [3.8, 4) is 0 Å². The van der Waals surface area contributed by atoms with Crippen LogP contribution in [0.5, 0.6) is 0 Å². The Kier molecular flexibility index (Phi) is 2.89. The zero-order valence-electron chi connectivity index (χ0n) is 9.73. The molecule has 17 heavy (non-hydrogen) atoms. The van der Waals surface area contributed by atoms with Gasteiger partial charge in [-0.1, -0.05) is 0 Å². The van der Waals surface area contributed by atoms with Gasteiger partial charge in [0.1, 0.15) is 0 Å². The molecular weight excluding hydrogens is 236 g/mol. The molecule has 0 spiro atoms. The molecule has 1 heterocycles. The fourth-order valence-corrected chi connectivity index (χ4v) is 2.60. The normalized spacial score (nSPS) is 10.7. The van der Waals surface area contributed by atoms with E-state index in [4.69, 9.17) is 11.5 Å². The predicted octanol–water partition coefficient (Wildman–Crippen LogP) is 1.11. The summed E-state index contributed by atoms with van der Waals surface area (Å²) in [6, 6.07) is 3.77. The van der Waals surface area contributed by atoms with E-state index < -0.39 is 0 Å². The Labute approximate surface area is 103 Å². The minimum absolute atomic E-state index is 0.138. The Morgan fingerprint density at radius 2 is 2.24 bits per heavy atom. The van der Waals surface area contributed by atoms with Crippen LogP contribution in [0.2, 0.25) is 0 Å². The first-order chi connectivity index (χ1) is 7.97. The van der Waals surface area contributed by atoms with Gasteiger partial charge in [-0.3, -0.25) is 4.79 Å². The highest BCUT2D eigenvalue weighted by atomic mass is 32.1. The molecular formula is C11H14N4OS. The summed E-state index contributed by atoms with van der Waals surface area (Å²) in [6.07, 6.45) is 0. The second-order valence-electron chi connectivity index (χ2n) is 3.93. The van der Waals surface area contributed by atoms with Crippen molar-refractivity contribution in [1.29, 1.82) is 0 Å². The lowest BCUT2D eigenvalue weighted by Crippen LogP contribution is -2.30. The van der Waals surface area contributed by atoms with Gasteiger partial charge in [0.05, 0.1) is 33.1 Å². The molecule has 5 nitrogen and oxygen atoms in total. The van der Waals surface area contributed by atoms with Crippen molar-refractivity contribution >= 4 is 38.8 Å². The Balaban J connectivity index is 2.46. The zero-order chi connectivity index (χ0) is 12.6. The maximum atomic E-state index is 10.9. The highest BCUT2D eigenvalue weighted by molar-refractivity contribution is 7.18. The molecule has 1 amide bonds. The smallest absolute Gasteiger partial charge is 0.236 e. The van der Waals surface area contributed by atoms with E-state index in [-0.39, 0.29) is 12.5 Å². The molecule has 4 N–H and O–H groups in total. The van der Waals surface area contributed by atoms with Crippen molar-refractivity contribution in [3.05, 3.63) is 17.1 Å². The summed E-state index contributed by atoms with van der Waals surface area (Å²) in [6.45, 7) is 2.09. The lowest BCUT2D eigenvalue weighted by Gasteiger charge is -2.19. The number of fused-ring (bicyclic) bond motifs is 1. The topological polar surface area (TPSA) is 85.2 Å². The molecule has 0 atom stereocenters. The summed E-state index contributed by atoms with van der Waals surface area (Å²) >= 11 is 1.60. The van der Waals surface area contributed by atoms with Gasteiger partial charge in [-0.05, 0) is 19.1 Å². The fraction of sp³-hybridized carbons (Fsp3) is 0.273. The zero-order valence-corrected chi connectivity index (χ0v) is 10.5. The second kappa shape index (κ2) is 4.21.